The number of aromatic nitrogens is 3. The van der Waals surface area contributed by atoms with Crippen molar-refractivity contribution in [3.63, 3.8) is 0 Å². The van der Waals surface area contributed by atoms with Crippen LogP contribution in [0.2, 0.25) is 0 Å². The maximum atomic E-state index is 6.57. The van der Waals surface area contributed by atoms with Crippen molar-refractivity contribution in [2.45, 2.75) is 19.3 Å². The van der Waals surface area contributed by atoms with Crippen LogP contribution in [0.15, 0.2) is 136 Å². The van der Waals surface area contributed by atoms with Gasteiger partial charge in [0.25, 0.3) is 0 Å². The van der Waals surface area contributed by atoms with Crippen LogP contribution in [0.4, 0.5) is 0 Å². The number of hydrogen-bond acceptors (Lipinski definition) is 5. The third kappa shape index (κ3) is 3.74. The van der Waals surface area contributed by atoms with E-state index in [0.717, 1.165) is 60.6 Å². The number of rotatable bonds is 3. The quantitative estimate of drug-likeness (QED) is 0.200. The van der Waals surface area contributed by atoms with Gasteiger partial charge in [0.15, 0.2) is 17.5 Å². The molecule has 0 spiro atoms. The lowest BCUT2D eigenvalue weighted by atomic mass is 9.79. The van der Waals surface area contributed by atoms with Gasteiger partial charge < -0.3 is 8.83 Å². The zero-order chi connectivity index (χ0) is 31.3. The highest BCUT2D eigenvalue weighted by molar-refractivity contribution is 6.09. The first kappa shape index (κ1) is 26.2. The first-order chi connectivity index (χ1) is 23.0. The molecule has 222 valence electrons. The van der Waals surface area contributed by atoms with E-state index in [2.05, 4.69) is 68.4 Å². The molecule has 10 rings (SSSR count). The van der Waals surface area contributed by atoms with E-state index in [4.69, 9.17) is 23.8 Å². The van der Waals surface area contributed by atoms with E-state index in [1.807, 2.05) is 72.8 Å². The van der Waals surface area contributed by atoms with Gasteiger partial charge in [0, 0.05) is 49.2 Å². The molecule has 1 aliphatic carbocycles. The molecule has 3 aromatic heterocycles. The molecule has 47 heavy (non-hydrogen) atoms. The molecule has 0 radical (unpaired) electrons. The highest BCUT2D eigenvalue weighted by Gasteiger charge is 2.41. The van der Waals surface area contributed by atoms with E-state index >= 15 is 0 Å². The Kier molecular flexibility index (Phi) is 5.28. The van der Waals surface area contributed by atoms with Gasteiger partial charge >= 0.3 is 0 Å². The molecule has 9 aromatic rings. The van der Waals surface area contributed by atoms with Crippen LogP contribution in [0.3, 0.4) is 0 Å². The van der Waals surface area contributed by atoms with Gasteiger partial charge in [-0.25, -0.2) is 15.0 Å². The Morgan fingerprint density at radius 1 is 0.426 bits per heavy atom. The van der Waals surface area contributed by atoms with E-state index in [1.165, 1.54) is 22.3 Å². The van der Waals surface area contributed by atoms with Crippen molar-refractivity contribution in [2.24, 2.45) is 0 Å². The topological polar surface area (TPSA) is 65.0 Å². The van der Waals surface area contributed by atoms with E-state index < -0.39 is 0 Å². The predicted molar refractivity (Wildman–Crippen MR) is 188 cm³/mol. The summed E-state index contributed by atoms with van der Waals surface area (Å²) in [6.07, 6.45) is 0. The Balaban J connectivity index is 1.21. The highest BCUT2D eigenvalue weighted by atomic mass is 16.3. The van der Waals surface area contributed by atoms with Crippen molar-refractivity contribution in [2.75, 3.05) is 0 Å². The second-order valence-corrected chi connectivity index (χ2v) is 12.8. The Labute approximate surface area is 270 Å². The summed E-state index contributed by atoms with van der Waals surface area (Å²) in [7, 11) is 0. The molecule has 0 unspecified atom stereocenters. The van der Waals surface area contributed by atoms with E-state index in [0.29, 0.717) is 17.5 Å². The Morgan fingerprint density at radius 2 is 1.04 bits per heavy atom. The molecular formula is C42H27N3O2. The molecule has 5 nitrogen and oxygen atoms in total. The summed E-state index contributed by atoms with van der Waals surface area (Å²) in [6.45, 7) is 4.57. The monoisotopic (exact) mass is 605 g/mol. The lowest BCUT2D eigenvalue weighted by Crippen LogP contribution is -2.17. The van der Waals surface area contributed by atoms with Gasteiger partial charge in [-0.2, -0.15) is 0 Å². The summed E-state index contributed by atoms with van der Waals surface area (Å²) in [6, 6.07) is 43.6. The zero-order valence-electron chi connectivity index (χ0n) is 25.8. The molecule has 0 amide bonds. The summed E-state index contributed by atoms with van der Waals surface area (Å²) in [5.41, 5.74) is 10.8. The van der Waals surface area contributed by atoms with Crippen LogP contribution in [-0.4, -0.2) is 15.0 Å². The molecule has 5 heteroatoms. The van der Waals surface area contributed by atoms with Crippen LogP contribution in [0.1, 0.15) is 25.0 Å². The molecule has 0 bridgehead atoms. The molecule has 0 aliphatic heterocycles. The molecule has 0 N–H and O–H groups in total. The van der Waals surface area contributed by atoms with Crippen LogP contribution in [-0.2, 0) is 5.41 Å². The number of hydrogen-bond donors (Lipinski definition) is 0. The molecule has 0 saturated carbocycles. The van der Waals surface area contributed by atoms with Gasteiger partial charge in [-0.05, 0) is 53.1 Å². The minimum Gasteiger partial charge on any atom is -0.456 e. The largest absolute Gasteiger partial charge is 0.456 e. The van der Waals surface area contributed by atoms with Crippen LogP contribution in [0.25, 0.3) is 89.2 Å². The average Bonchev–Trinajstić information content (AvgIpc) is 3.76. The normalized spacial score (nSPS) is 13.5. The lowest BCUT2D eigenvalue weighted by Gasteiger charge is -2.24. The number of nitrogens with zero attached hydrogens (tertiary/aromatic N) is 3. The van der Waals surface area contributed by atoms with Crippen molar-refractivity contribution in [1.29, 1.82) is 0 Å². The number of para-hydroxylation sites is 2. The van der Waals surface area contributed by atoms with Gasteiger partial charge in [-0.15, -0.1) is 0 Å². The molecular weight excluding hydrogens is 578 g/mol. The Morgan fingerprint density at radius 3 is 1.85 bits per heavy atom. The Hall–Kier alpha value is -6.07. The first-order valence-corrected chi connectivity index (χ1v) is 15.9. The zero-order valence-corrected chi connectivity index (χ0v) is 25.8. The van der Waals surface area contributed by atoms with Crippen molar-refractivity contribution in [3.8, 4) is 45.3 Å². The van der Waals surface area contributed by atoms with Gasteiger partial charge in [0.1, 0.15) is 22.3 Å². The van der Waals surface area contributed by atoms with E-state index in [-0.39, 0.29) is 5.41 Å². The number of furan rings is 2. The third-order valence-electron chi connectivity index (χ3n) is 9.69. The molecule has 3 heterocycles. The SMILES string of the molecule is CC1(C)c2c(-c3nc(-c4ccccc4)nc(-c4ccc5oc6ccccc6c5c4)n3)cccc2-c2ccc3c(oc4ccccc43)c21. The van der Waals surface area contributed by atoms with Gasteiger partial charge in [-0.1, -0.05) is 105 Å². The summed E-state index contributed by atoms with van der Waals surface area (Å²) >= 11 is 0. The fourth-order valence-electron chi connectivity index (χ4n) is 7.60. The molecule has 0 atom stereocenters. The van der Waals surface area contributed by atoms with E-state index in [1.54, 1.807) is 0 Å². The summed E-state index contributed by atoms with van der Waals surface area (Å²) < 4.78 is 12.7. The maximum absolute atomic E-state index is 6.57. The van der Waals surface area contributed by atoms with Crippen LogP contribution >= 0.6 is 0 Å². The summed E-state index contributed by atoms with van der Waals surface area (Å²) in [4.78, 5) is 15.4. The standard InChI is InChI=1S/C42H27N3O2/c1-42(2)36-28(29-20-21-30-26-13-6-9-18-34(26)47-38(30)37(29)42)15-10-16-31(36)41-44-39(24-11-4-3-5-12-24)43-40(45-41)25-19-22-35-32(23-25)27-14-7-8-17-33(27)46-35/h3-23H,1-2H3. The van der Waals surface area contributed by atoms with Crippen molar-refractivity contribution in [3.05, 3.63) is 139 Å². The minimum atomic E-state index is -0.372. The fourth-order valence-corrected chi connectivity index (χ4v) is 7.60. The van der Waals surface area contributed by atoms with Crippen LogP contribution < -0.4 is 0 Å². The number of fused-ring (bicyclic) bond motifs is 10. The van der Waals surface area contributed by atoms with Crippen molar-refractivity contribution in [1.82, 2.24) is 15.0 Å². The average molecular weight is 606 g/mol. The van der Waals surface area contributed by atoms with Crippen molar-refractivity contribution < 1.29 is 8.83 Å². The minimum absolute atomic E-state index is 0.372. The van der Waals surface area contributed by atoms with Crippen LogP contribution in [0.5, 0.6) is 0 Å². The predicted octanol–water partition coefficient (Wildman–Crippen LogP) is 11.0. The molecule has 0 fully saturated rings. The van der Waals surface area contributed by atoms with Crippen LogP contribution in [0, 0.1) is 0 Å². The third-order valence-corrected chi connectivity index (χ3v) is 9.69. The van der Waals surface area contributed by atoms with Crippen molar-refractivity contribution >= 4 is 43.9 Å². The molecule has 6 aromatic carbocycles. The fraction of sp³-hybridized carbons (Fsp3) is 0.0714. The van der Waals surface area contributed by atoms with Gasteiger partial charge in [-0.3, -0.25) is 0 Å². The maximum Gasteiger partial charge on any atom is 0.164 e. The second-order valence-electron chi connectivity index (χ2n) is 12.8. The summed E-state index contributed by atoms with van der Waals surface area (Å²) in [5, 5.41) is 4.37. The smallest absolute Gasteiger partial charge is 0.164 e. The summed E-state index contributed by atoms with van der Waals surface area (Å²) in [5.74, 6) is 1.89. The lowest BCUT2D eigenvalue weighted by molar-refractivity contribution is 0.620. The Bertz CT molecular complexity index is 2720. The first-order valence-electron chi connectivity index (χ1n) is 15.9. The second kappa shape index (κ2) is 9.47. The van der Waals surface area contributed by atoms with E-state index in [9.17, 15) is 0 Å². The molecule has 1 aliphatic rings. The number of benzene rings is 6. The highest BCUT2D eigenvalue weighted by Crippen LogP contribution is 2.55. The molecule has 0 saturated heterocycles. The van der Waals surface area contributed by atoms with Gasteiger partial charge in [0.05, 0.1) is 0 Å². The van der Waals surface area contributed by atoms with Gasteiger partial charge in [0.2, 0.25) is 0 Å².